The SMILES string of the molecule is CO/N=C(/[C]=O)c1cccc(NC=O)n1. The van der Waals surface area contributed by atoms with Crippen LogP contribution >= 0.6 is 0 Å². The molecule has 1 rings (SSSR count). The van der Waals surface area contributed by atoms with Gasteiger partial charge in [-0.1, -0.05) is 11.2 Å². The zero-order chi connectivity index (χ0) is 11.1. The molecule has 1 radical (unpaired) electrons. The predicted molar refractivity (Wildman–Crippen MR) is 53.2 cm³/mol. The number of carbonyl (C=O) groups is 1. The van der Waals surface area contributed by atoms with Crippen molar-refractivity contribution in [2.75, 3.05) is 12.4 Å². The quantitative estimate of drug-likeness (QED) is 0.421. The van der Waals surface area contributed by atoms with Crippen LogP contribution in [0.4, 0.5) is 5.82 Å². The summed E-state index contributed by atoms with van der Waals surface area (Å²) in [5.74, 6) is 0.321. The monoisotopic (exact) mass is 206 g/mol. The summed E-state index contributed by atoms with van der Waals surface area (Å²) >= 11 is 0. The molecule has 77 valence electrons. The Morgan fingerprint density at radius 3 is 3.07 bits per heavy atom. The molecule has 1 N–H and O–H groups in total. The molecule has 0 fully saturated rings. The van der Waals surface area contributed by atoms with Crippen molar-refractivity contribution in [2.45, 2.75) is 0 Å². The topological polar surface area (TPSA) is 80.6 Å². The molecule has 0 spiro atoms. The van der Waals surface area contributed by atoms with E-state index in [1.54, 1.807) is 24.5 Å². The number of nitrogens with zero attached hydrogens (tertiary/aromatic N) is 2. The van der Waals surface area contributed by atoms with Gasteiger partial charge in [0.15, 0.2) is 5.71 Å². The minimum atomic E-state index is -0.0629. The van der Waals surface area contributed by atoms with Crippen molar-refractivity contribution in [3.63, 3.8) is 0 Å². The lowest BCUT2D eigenvalue weighted by Gasteiger charge is -2.00. The Morgan fingerprint density at radius 2 is 2.47 bits per heavy atom. The van der Waals surface area contributed by atoms with E-state index >= 15 is 0 Å². The molecule has 0 aromatic carbocycles. The minimum Gasteiger partial charge on any atom is -0.398 e. The molecule has 1 amide bonds. The van der Waals surface area contributed by atoms with E-state index in [9.17, 15) is 9.59 Å². The third-order valence-electron chi connectivity index (χ3n) is 1.48. The van der Waals surface area contributed by atoms with Gasteiger partial charge in [0.05, 0.1) is 5.69 Å². The van der Waals surface area contributed by atoms with Gasteiger partial charge in [-0.15, -0.1) is 0 Å². The largest absolute Gasteiger partial charge is 0.398 e. The third-order valence-corrected chi connectivity index (χ3v) is 1.48. The van der Waals surface area contributed by atoms with Gasteiger partial charge in [-0.25, -0.2) is 4.98 Å². The highest BCUT2D eigenvalue weighted by Crippen LogP contribution is 2.04. The summed E-state index contributed by atoms with van der Waals surface area (Å²) in [6.45, 7) is 0. The second-order valence-corrected chi connectivity index (χ2v) is 2.39. The molecule has 15 heavy (non-hydrogen) atoms. The highest BCUT2D eigenvalue weighted by molar-refractivity contribution is 6.35. The Bertz CT molecular complexity index is 390. The fraction of sp³-hybridized carbons (Fsp3) is 0.111. The van der Waals surface area contributed by atoms with Gasteiger partial charge in [-0.05, 0) is 12.1 Å². The van der Waals surface area contributed by atoms with Crippen molar-refractivity contribution in [2.24, 2.45) is 5.16 Å². The molecule has 0 atom stereocenters. The van der Waals surface area contributed by atoms with Gasteiger partial charge in [0.1, 0.15) is 12.9 Å². The molecule has 1 aromatic heterocycles. The molecule has 6 nitrogen and oxygen atoms in total. The Morgan fingerprint density at radius 1 is 1.67 bits per heavy atom. The lowest BCUT2D eigenvalue weighted by molar-refractivity contribution is -0.105. The van der Waals surface area contributed by atoms with Gasteiger partial charge in [0, 0.05) is 0 Å². The number of rotatable bonds is 5. The first-order valence-electron chi connectivity index (χ1n) is 3.98. The molecule has 6 heteroatoms. The number of amides is 1. The van der Waals surface area contributed by atoms with Crippen LogP contribution in [0, 0.1) is 0 Å². The van der Waals surface area contributed by atoms with Gasteiger partial charge in [-0.2, -0.15) is 0 Å². The van der Waals surface area contributed by atoms with Crippen molar-refractivity contribution < 1.29 is 14.4 Å². The molecule has 0 aliphatic heterocycles. The van der Waals surface area contributed by atoms with E-state index in [4.69, 9.17) is 0 Å². The highest BCUT2D eigenvalue weighted by Gasteiger charge is 2.06. The lowest BCUT2D eigenvalue weighted by Crippen LogP contribution is -2.07. The Labute approximate surface area is 85.9 Å². The van der Waals surface area contributed by atoms with Crippen LogP contribution in [0.2, 0.25) is 0 Å². The average Bonchev–Trinajstić information content (AvgIpc) is 2.27. The molecule has 0 saturated heterocycles. The number of pyridine rings is 1. The minimum absolute atomic E-state index is 0.0629. The van der Waals surface area contributed by atoms with Crippen LogP contribution in [-0.4, -0.2) is 30.5 Å². The fourth-order valence-electron chi connectivity index (χ4n) is 0.916. The standard InChI is InChI=1S/C9H8N3O3/c1-15-12-8(5-13)7-3-2-4-9(11-7)10-6-14/h2-4,6H,1H3,(H,10,11,14)/b12-8-. The third kappa shape index (κ3) is 2.87. The predicted octanol–water partition coefficient (Wildman–Crippen LogP) is 0.110. The van der Waals surface area contributed by atoms with Crippen LogP contribution in [0.25, 0.3) is 0 Å². The van der Waals surface area contributed by atoms with Crippen LogP contribution in [-0.2, 0) is 14.4 Å². The molecule has 0 aliphatic carbocycles. The van der Waals surface area contributed by atoms with E-state index in [-0.39, 0.29) is 11.4 Å². The number of carbonyl (C=O) groups excluding carboxylic acids is 2. The van der Waals surface area contributed by atoms with Crippen molar-refractivity contribution in [1.29, 1.82) is 0 Å². The molecule has 0 aliphatic rings. The molecule has 0 bridgehead atoms. The molecule has 0 unspecified atom stereocenters. The summed E-state index contributed by atoms with van der Waals surface area (Å²) in [6, 6.07) is 4.75. The van der Waals surface area contributed by atoms with Crippen LogP contribution in [0.1, 0.15) is 5.69 Å². The maximum atomic E-state index is 10.5. The van der Waals surface area contributed by atoms with E-state index in [2.05, 4.69) is 20.3 Å². The molecular formula is C9H8N3O3. The van der Waals surface area contributed by atoms with E-state index < -0.39 is 0 Å². The van der Waals surface area contributed by atoms with E-state index in [0.29, 0.717) is 12.2 Å². The summed E-state index contributed by atoms with van der Waals surface area (Å²) in [7, 11) is 1.31. The summed E-state index contributed by atoms with van der Waals surface area (Å²) < 4.78 is 0. The van der Waals surface area contributed by atoms with Gasteiger partial charge in [0.2, 0.25) is 6.41 Å². The Hall–Kier alpha value is -2.24. The summed E-state index contributed by atoms with van der Waals surface area (Å²) in [4.78, 5) is 29.0. The number of oxime groups is 1. The van der Waals surface area contributed by atoms with Crippen molar-refractivity contribution in [1.82, 2.24) is 4.98 Å². The summed E-state index contributed by atoms with van der Waals surface area (Å²) in [6.07, 6.45) is 2.07. The molecule has 1 heterocycles. The summed E-state index contributed by atoms with van der Waals surface area (Å²) in [5, 5.41) is 5.78. The number of hydrogen-bond acceptors (Lipinski definition) is 5. The van der Waals surface area contributed by atoms with Gasteiger partial charge >= 0.3 is 0 Å². The van der Waals surface area contributed by atoms with E-state index in [1.165, 1.54) is 7.11 Å². The van der Waals surface area contributed by atoms with Gasteiger partial charge in [-0.3, -0.25) is 9.59 Å². The maximum absolute atomic E-state index is 10.5. The van der Waals surface area contributed by atoms with E-state index in [1.807, 2.05) is 0 Å². The second-order valence-electron chi connectivity index (χ2n) is 2.39. The normalized spacial score (nSPS) is 10.6. The molecular weight excluding hydrogens is 198 g/mol. The second kappa shape index (κ2) is 5.48. The fourth-order valence-corrected chi connectivity index (χ4v) is 0.916. The van der Waals surface area contributed by atoms with Crippen molar-refractivity contribution in [3.8, 4) is 0 Å². The average molecular weight is 206 g/mol. The Balaban J connectivity index is 3.02. The maximum Gasteiger partial charge on any atom is 0.259 e. The van der Waals surface area contributed by atoms with Gasteiger partial charge in [0.25, 0.3) is 6.29 Å². The lowest BCUT2D eigenvalue weighted by atomic mass is 10.2. The van der Waals surface area contributed by atoms with Crippen molar-refractivity contribution >= 4 is 24.2 Å². The van der Waals surface area contributed by atoms with Gasteiger partial charge < -0.3 is 10.2 Å². The smallest absolute Gasteiger partial charge is 0.259 e. The zero-order valence-corrected chi connectivity index (χ0v) is 7.93. The zero-order valence-electron chi connectivity index (χ0n) is 7.93. The van der Waals surface area contributed by atoms with E-state index in [0.717, 1.165) is 0 Å². The van der Waals surface area contributed by atoms with Crippen LogP contribution < -0.4 is 5.32 Å². The highest BCUT2D eigenvalue weighted by atomic mass is 16.6. The first kappa shape index (κ1) is 10.8. The first-order chi connectivity index (χ1) is 7.31. The van der Waals surface area contributed by atoms with Crippen molar-refractivity contribution in [3.05, 3.63) is 23.9 Å². The number of anilines is 1. The summed E-state index contributed by atoms with van der Waals surface area (Å²) in [5.41, 5.74) is 0.214. The Kier molecular flexibility index (Phi) is 3.96. The first-order valence-corrected chi connectivity index (χ1v) is 3.98. The number of aromatic nitrogens is 1. The molecule has 0 saturated carbocycles. The number of hydrogen-bond donors (Lipinski definition) is 1. The van der Waals surface area contributed by atoms with Crippen LogP contribution in [0.5, 0.6) is 0 Å². The molecule has 1 aromatic rings. The van der Waals surface area contributed by atoms with Crippen LogP contribution in [0.3, 0.4) is 0 Å². The number of nitrogens with one attached hydrogen (secondary N) is 1. The van der Waals surface area contributed by atoms with Crippen LogP contribution in [0.15, 0.2) is 23.4 Å².